The maximum absolute atomic E-state index is 13.2. The van der Waals surface area contributed by atoms with Gasteiger partial charge in [0.25, 0.3) is 5.91 Å². The van der Waals surface area contributed by atoms with Gasteiger partial charge in [0.05, 0.1) is 34.5 Å². The summed E-state index contributed by atoms with van der Waals surface area (Å²) < 4.78 is 19.5. The molecule has 11 heteroatoms. The predicted molar refractivity (Wildman–Crippen MR) is 88.6 cm³/mol. The van der Waals surface area contributed by atoms with Gasteiger partial charge in [0.15, 0.2) is 5.69 Å². The SMILES string of the molecule is Cc1onc(C(=O)Nc2ccc(F)c(Cl)c2)c1Cn1ccc([N+](=O)[O-])n1. The number of rotatable bonds is 5. The third kappa shape index (κ3) is 3.54. The van der Waals surface area contributed by atoms with Crippen molar-refractivity contribution < 1.29 is 18.6 Å². The number of carbonyl (C=O) groups is 1. The number of amides is 1. The van der Waals surface area contributed by atoms with Crippen LogP contribution in [0.2, 0.25) is 5.02 Å². The van der Waals surface area contributed by atoms with E-state index in [1.54, 1.807) is 6.92 Å². The fourth-order valence-corrected chi connectivity index (χ4v) is 2.40. The van der Waals surface area contributed by atoms with Crippen LogP contribution in [0, 0.1) is 22.9 Å². The molecule has 0 fully saturated rings. The lowest BCUT2D eigenvalue weighted by atomic mass is 10.2. The molecule has 0 spiro atoms. The topological polar surface area (TPSA) is 116 Å². The van der Waals surface area contributed by atoms with Gasteiger partial charge in [0.2, 0.25) is 0 Å². The number of hydrogen-bond acceptors (Lipinski definition) is 6. The second kappa shape index (κ2) is 6.92. The zero-order valence-electron chi connectivity index (χ0n) is 13.3. The lowest BCUT2D eigenvalue weighted by molar-refractivity contribution is -0.389. The zero-order chi connectivity index (χ0) is 18.8. The van der Waals surface area contributed by atoms with E-state index in [0.29, 0.717) is 11.3 Å². The third-order valence-electron chi connectivity index (χ3n) is 3.51. The molecule has 0 aliphatic rings. The summed E-state index contributed by atoms with van der Waals surface area (Å²) in [4.78, 5) is 22.5. The molecule has 1 amide bonds. The number of anilines is 1. The third-order valence-corrected chi connectivity index (χ3v) is 3.80. The molecule has 26 heavy (non-hydrogen) atoms. The molecule has 1 N–H and O–H groups in total. The average Bonchev–Trinajstić information content (AvgIpc) is 3.19. The Hall–Kier alpha value is -3.27. The van der Waals surface area contributed by atoms with Crippen molar-refractivity contribution in [1.82, 2.24) is 14.9 Å². The summed E-state index contributed by atoms with van der Waals surface area (Å²) in [6, 6.07) is 4.97. The molecule has 0 saturated carbocycles. The van der Waals surface area contributed by atoms with Crippen LogP contribution in [0.15, 0.2) is 35.0 Å². The predicted octanol–water partition coefficient (Wildman–Crippen LogP) is 3.18. The number of aromatic nitrogens is 3. The number of carbonyl (C=O) groups excluding carboxylic acids is 1. The Balaban J connectivity index is 1.82. The zero-order valence-corrected chi connectivity index (χ0v) is 14.0. The van der Waals surface area contributed by atoms with E-state index in [-0.39, 0.29) is 28.8 Å². The molecular formula is C15H11ClFN5O4. The van der Waals surface area contributed by atoms with Crippen molar-refractivity contribution in [1.29, 1.82) is 0 Å². The summed E-state index contributed by atoms with van der Waals surface area (Å²) >= 11 is 5.69. The molecule has 0 bridgehead atoms. The highest BCUT2D eigenvalue weighted by atomic mass is 35.5. The van der Waals surface area contributed by atoms with E-state index in [2.05, 4.69) is 15.6 Å². The van der Waals surface area contributed by atoms with Crippen molar-refractivity contribution in [3.63, 3.8) is 0 Å². The Kier molecular flexibility index (Phi) is 4.67. The number of halogens is 2. The Morgan fingerprint density at radius 3 is 2.88 bits per heavy atom. The maximum atomic E-state index is 13.2. The van der Waals surface area contributed by atoms with E-state index < -0.39 is 16.6 Å². The van der Waals surface area contributed by atoms with Gasteiger partial charge in [0, 0.05) is 5.69 Å². The lowest BCUT2D eigenvalue weighted by Gasteiger charge is -2.05. The van der Waals surface area contributed by atoms with Gasteiger partial charge in [-0.1, -0.05) is 16.8 Å². The minimum Gasteiger partial charge on any atom is -0.361 e. The smallest absolute Gasteiger partial charge is 0.361 e. The van der Waals surface area contributed by atoms with Crippen LogP contribution in [0.25, 0.3) is 0 Å². The van der Waals surface area contributed by atoms with Gasteiger partial charge < -0.3 is 20.0 Å². The highest BCUT2D eigenvalue weighted by Crippen LogP contribution is 2.21. The minimum atomic E-state index is -0.622. The summed E-state index contributed by atoms with van der Waals surface area (Å²) in [6.07, 6.45) is 1.41. The molecule has 2 heterocycles. The quantitative estimate of drug-likeness (QED) is 0.537. The standard InChI is InChI=1S/C15H11ClFN5O4/c1-8-10(7-21-5-4-13(19-21)22(24)25)14(20-26-8)15(23)18-9-2-3-12(17)11(16)6-9/h2-6H,7H2,1H3,(H,18,23). The van der Waals surface area contributed by atoms with Crippen molar-refractivity contribution in [3.05, 3.63) is 68.4 Å². The van der Waals surface area contributed by atoms with Crippen molar-refractivity contribution in [3.8, 4) is 0 Å². The van der Waals surface area contributed by atoms with Crippen molar-refractivity contribution in [2.24, 2.45) is 0 Å². The van der Waals surface area contributed by atoms with E-state index in [1.807, 2.05) is 0 Å². The highest BCUT2D eigenvalue weighted by molar-refractivity contribution is 6.31. The van der Waals surface area contributed by atoms with Crippen molar-refractivity contribution in [2.45, 2.75) is 13.5 Å². The Morgan fingerprint density at radius 1 is 1.46 bits per heavy atom. The number of nitro groups is 1. The van der Waals surface area contributed by atoms with Gasteiger partial charge in [-0.05, 0) is 30.0 Å². The van der Waals surface area contributed by atoms with Crippen LogP contribution >= 0.6 is 11.6 Å². The van der Waals surface area contributed by atoms with Crippen LogP contribution < -0.4 is 5.32 Å². The Bertz CT molecular complexity index is 1000. The summed E-state index contributed by atoms with van der Waals surface area (Å²) in [5.41, 5.74) is 0.678. The number of hydrogen-bond donors (Lipinski definition) is 1. The lowest BCUT2D eigenvalue weighted by Crippen LogP contribution is -2.16. The van der Waals surface area contributed by atoms with Gasteiger partial charge in [-0.3, -0.25) is 4.79 Å². The van der Waals surface area contributed by atoms with E-state index in [9.17, 15) is 19.3 Å². The molecule has 3 aromatic rings. The first-order valence-electron chi connectivity index (χ1n) is 7.24. The van der Waals surface area contributed by atoms with Gasteiger partial charge in [-0.25, -0.2) is 4.39 Å². The Labute approximate surface area is 150 Å². The fourth-order valence-electron chi connectivity index (χ4n) is 2.22. The van der Waals surface area contributed by atoms with E-state index in [0.717, 1.165) is 6.07 Å². The second-order valence-corrected chi connectivity index (χ2v) is 5.68. The summed E-state index contributed by atoms with van der Waals surface area (Å²) in [6.45, 7) is 1.65. The van der Waals surface area contributed by atoms with Crippen LogP contribution in [-0.4, -0.2) is 25.8 Å². The van der Waals surface area contributed by atoms with E-state index >= 15 is 0 Å². The normalized spacial score (nSPS) is 10.7. The molecule has 9 nitrogen and oxygen atoms in total. The molecule has 134 valence electrons. The first kappa shape index (κ1) is 17.5. The summed E-state index contributed by atoms with van der Waals surface area (Å²) in [7, 11) is 0. The fraction of sp³-hybridized carbons (Fsp3) is 0.133. The summed E-state index contributed by atoms with van der Waals surface area (Å²) in [5.74, 6) is -1.15. The molecular weight excluding hydrogens is 369 g/mol. The monoisotopic (exact) mass is 379 g/mol. The summed E-state index contributed by atoms with van der Waals surface area (Å²) in [5, 5.41) is 20.6. The molecule has 2 aromatic heterocycles. The Morgan fingerprint density at radius 2 is 2.23 bits per heavy atom. The molecule has 0 atom stereocenters. The van der Waals surface area contributed by atoms with Crippen LogP contribution in [-0.2, 0) is 6.54 Å². The maximum Gasteiger partial charge on any atom is 0.389 e. The van der Waals surface area contributed by atoms with Gasteiger partial charge in [-0.15, -0.1) is 0 Å². The van der Waals surface area contributed by atoms with Crippen LogP contribution in [0.4, 0.5) is 15.9 Å². The first-order valence-corrected chi connectivity index (χ1v) is 7.62. The largest absolute Gasteiger partial charge is 0.389 e. The number of benzene rings is 1. The number of nitrogens with zero attached hydrogens (tertiary/aromatic N) is 4. The minimum absolute atomic E-state index is 0.0129. The molecule has 0 aliphatic carbocycles. The molecule has 3 rings (SSSR count). The van der Waals surface area contributed by atoms with Gasteiger partial charge >= 0.3 is 5.82 Å². The molecule has 1 aromatic carbocycles. The van der Waals surface area contributed by atoms with Crippen LogP contribution in [0.1, 0.15) is 21.8 Å². The van der Waals surface area contributed by atoms with Gasteiger partial charge in [-0.2, -0.15) is 4.68 Å². The highest BCUT2D eigenvalue weighted by Gasteiger charge is 2.22. The van der Waals surface area contributed by atoms with Gasteiger partial charge in [0.1, 0.15) is 11.6 Å². The molecule has 0 saturated heterocycles. The van der Waals surface area contributed by atoms with Crippen LogP contribution in [0.3, 0.4) is 0 Å². The number of nitrogens with one attached hydrogen (secondary N) is 1. The van der Waals surface area contributed by atoms with Crippen molar-refractivity contribution >= 4 is 29.0 Å². The van der Waals surface area contributed by atoms with E-state index in [1.165, 1.54) is 29.1 Å². The van der Waals surface area contributed by atoms with Crippen molar-refractivity contribution in [2.75, 3.05) is 5.32 Å². The van der Waals surface area contributed by atoms with Crippen LogP contribution in [0.5, 0.6) is 0 Å². The second-order valence-electron chi connectivity index (χ2n) is 5.28. The first-order chi connectivity index (χ1) is 12.3. The average molecular weight is 380 g/mol. The number of aryl methyl sites for hydroxylation is 1. The van der Waals surface area contributed by atoms with E-state index in [4.69, 9.17) is 16.1 Å². The molecule has 0 unspecified atom stereocenters. The molecule has 0 aliphatic heterocycles. The molecule has 0 radical (unpaired) electrons.